The Morgan fingerprint density at radius 2 is 2.18 bits per heavy atom. The topological polar surface area (TPSA) is 53.1 Å². The van der Waals surface area contributed by atoms with E-state index in [2.05, 4.69) is 11.2 Å². The molecule has 4 nitrogen and oxygen atoms in total. The van der Waals surface area contributed by atoms with Gasteiger partial charge in [-0.3, -0.25) is 4.68 Å². The zero-order valence-corrected chi connectivity index (χ0v) is 10.2. The van der Waals surface area contributed by atoms with Crippen LogP contribution in [0.15, 0.2) is 30.3 Å². The zero-order chi connectivity index (χ0) is 12.3. The van der Waals surface area contributed by atoms with Crippen molar-refractivity contribution in [2.24, 2.45) is 5.73 Å². The third-order valence-electron chi connectivity index (χ3n) is 2.61. The number of methoxy groups -OCH3 is 1. The number of aryl methyl sites for hydroxylation is 1. The summed E-state index contributed by atoms with van der Waals surface area (Å²) in [5, 5.41) is 4.43. The molecule has 1 aromatic heterocycles. The average Bonchev–Trinajstić information content (AvgIpc) is 2.71. The third kappa shape index (κ3) is 2.47. The van der Waals surface area contributed by atoms with E-state index in [1.54, 1.807) is 7.11 Å². The highest BCUT2D eigenvalue weighted by Gasteiger charge is 2.07. The minimum atomic E-state index is 0.581. The minimum Gasteiger partial charge on any atom is -0.497 e. The maximum atomic E-state index is 5.59. The van der Waals surface area contributed by atoms with Crippen molar-refractivity contribution in [3.63, 3.8) is 0 Å². The van der Waals surface area contributed by atoms with E-state index in [9.17, 15) is 0 Å². The summed E-state index contributed by atoms with van der Waals surface area (Å²) in [6, 6.07) is 10.0. The lowest BCUT2D eigenvalue weighted by molar-refractivity contribution is 0.415. The molecule has 90 valence electrons. The van der Waals surface area contributed by atoms with Gasteiger partial charge in [-0.15, -0.1) is 0 Å². The van der Waals surface area contributed by atoms with E-state index in [1.165, 1.54) is 0 Å². The Hall–Kier alpha value is -1.81. The molecule has 0 atom stereocenters. The van der Waals surface area contributed by atoms with Gasteiger partial charge in [0.25, 0.3) is 0 Å². The number of nitrogens with two attached hydrogens (primary N) is 1. The monoisotopic (exact) mass is 231 g/mol. The van der Waals surface area contributed by atoms with Gasteiger partial charge in [-0.2, -0.15) is 5.10 Å². The number of aromatic nitrogens is 2. The predicted molar refractivity (Wildman–Crippen MR) is 68.0 cm³/mol. The van der Waals surface area contributed by atoms with Gasteiger partial charge < -0.3 is 10.5 Å². The normalized spacial score (nSPS) is 10.5. The van der Waals surface area contributed by atoms with Crippen molar-refractivity contribution in [2.45, 2.75) is 13.5 Å². The third-order valence-corrected chi connectivity index (χ3v) is 2.61. The van der Waals surface area contributed by atoms with Crippen LogP contribution in [0.3, 0.4) is 0 Å². The van der Waals surface area contributed by atoms with Crippen LogP contribution in [0.4, 0.5) is 0 Å². The molecule has 0 saturated heterocycles. The maximum Gasteiger partial charge on any atom is 0.119 e. The smallest absolute Gasteiger partial charge is 0.119 e. The number of benzene rings is 1. The summed E-state index contributed by atoms with van der Waals surface area (Å²) in [6.07, 6.45) is 0. The molecule has 1 aromatic carbocycles. The Morgan fingerprint density at radius 3 is 2.88 bits per heavy atom. The van der Waals surface area contributed by atoms with Gasteiger partial charge in [-0.25, -0.2) is 0 Å². The van der Waals surface area contributed by atoms with Crippen molar-refractivity contribution < 1.29 is 4.74 Å². The van der Waals surface area contributed by atoms with Crippen molar-refractivity contribution in [1.82, 2.24) is 9.78 Å². The summed E-state index contributed by atoms with van der Waals surface area (Å²) < 4.78 is 7.16. The quantitative estimate of drug-likeness (QED) is 0.873. The first-order chi connectivity index (χ1) is 8.24. The Bertz CT molecular complexity index is 505. The standard InChI is InChI=1S/C13H17N3O/c1-10-8-13(16(15-10)7-6-14)11-4-3-5-12(9-11)17-2/h3-5,8-9H,6-7,14H2,1-2H3. The molecule has 17 heavy (non-hydrogen) atoms. The Balaban J connectivity index is 2.43. The second kappa shape index (κ2) is 5.01. The highest BCUT2D eigenvalue weighted by molar-refractivity contribution is 5.62. The van der Waals surface area contributed by atoms with E-state index in [-0.39, 0.29) is 0 Å². The summed E-state index contributed by atoms with van der Waals surface area (Å²) in [6.45, 7) is 3.29. The van der Waals surface area contributed by atoms with Crippen LogP contribution in [0.25, 0.3) is 11.3 Å². The van der Waals surface area contributed by atoms with Gasteiger partial charge >= 0.3 is 0 Å². The summed E-state index contributed by atoms with van der Waals surface area (Å²) in [5.41, 5.74) is 8.76. The lowest BCUT2D eigenvalue weighted by atomic mass is 10.1. The fourth-order valence-corrected chi connectivity index (χ4v) is 1.85. The highest BCUT2D eigenvalue weighted by atomic mass is 16.5. The molecule has 0 aliphatic rings. The Morgan fingerprint density at radius 1 is 1.35 bits per heavy atom. The van der Waals surface area contributed by atoms with E-state index in [4.69, 9.17) is 10.5 Å². The molecule has 2 rings (SSSR count). The van der Waals surface area contributed by atoms with Gasteiger partial charge in [-0.05, 0) is 25.1 Å². The largest absolute Gasteiger partial charge is 0.497 e. The van der Waals surface area contributed by atoms with Gasteiger partial charge in [0.1, 0.15) is 5.75 Å². The van der Waals surface area contributed by atoms with Crippen molar-refractivity contribution in [2.75, 3.05) is 13.7 Å². The predicted octanol–water partition coefficient (Wildman–Crippen LogP) is 1.83. The van der Waals surface area contributed by atoms with Crippen molar-refractivity contribution in [3.8, 4) is 17.0 Å². The molecule has 2 N–H and O–H groups in total. The molecular formula is C13H17N3O. The summed E-state index contributed by atoms with van der Waals surface area (Å²) in [7, 11) is 1.67. The van der Waals surface area contributed by atoms with Crippen LogP contribution in [0.5, 0.6) is 5.75 Å². The van der Waals surface area contributed by atoms with Gasteiger partial charge in [0.15, 0.2) is 0 Å². The average molecular weight is 231 g/mol. The number of rotatable bonds is 4. The first-order valence-corrected chi connectivity index (χ1v) is 5.63. The number of hydrogen-bond acceptors (Lipinski definition) is 3. The van der Waals surface area contributed by atoms with Gasteiger partial charge in [0, 0.05) is 12.1 Å². The number of ether oxygens (including phenoxy) is 1. The van der Waals surface area contributed by atoms with Crippen LogP contribution in [0, 0.1) is 6.92 Å². The molecule has 0 aliphatic heterocycles. The molecule has 0 aliphatic carbocycles. The summed E-state index contributed by atoms with van der Waals surface area (Å²) >= 11 is 0. The fraction of sp³-hybridized carbons (Fsp3) is 0.308. The second-order valence-electron chi connectivity index (χ2n) is 3.91. The van der Waals surface area contributed by atoms with Crippen molar-refractivity contribution >= 4 is 0 Å². The molecule has 0 unspecified atom stereocenters. The molecular weight excluding hydrogens is 214 g/mol. The molecule has 0 fully saturated rings. The molecule has 0 spiro atoms. The maximum absolute atomic E-state index is 5.59. The first-order valence-electron chi connectivity index (χ1n) is 5.63. The molecule has 4 heteroatoms. The SMILES string of the molecule is COc1cccc(-c2cc(C)nn2CCN)c1. The van der Waals surface area contributed by atoms with E-state index in [0.29, 0.717) is 6.54 Å². The van der Waals surface area contributed by atoms with Crippen LogP contribution in [0.1, 0.15) is 5.69 Å². The van der Waals surface area contributed by atoms with Crippen molar-refractivity contribution in [1.29, 1.82) is 0 Å². The number of hydrogen-bond donors (Lipinski definition) is 1. The van der Waals surface area contributed by atoms with Crippen LogP contribution in [-0.4, -0.2) is 23.4 Å². The Kier molecular flexibility index (Phi) is 3.44. The molecule has 0 saturated carbocycles. The van der Waals surface area contributed by atoms with Gasteiger partial charge in [0.2, 0.25) is 0 Å². The fourth-order valence-electron chi connectivity index (χ4n) is 1.85. The van der Waals surface area contributed by atoms with Crippen LogP contribution in [0.2, 0.25) is 0 Å². The lowest BCUT2D eigenvalue weighted by Gasteiger charge is -2.07. The zero-order valence-electron chi connectivity index (χ0n) is 10.2. The summed E-state index contributed by atoms with van der Waals surface area (Å²) in [4.78, 5) is 0. The first kappa shape index (κ1) is 11.7. The highest BCUT2D eigenvalue weighted by Crippen LogP contribution is 2.24. The van der Waals surface area contributed by atoms with Crippen molar-refractivity contribution in [3.05, 3.63) is 36.0 Å². The molecule has 0 amide bonds. The lowest BCUT2D eigenvalue weighted by Crippen LogP contribution is -2.12. The second-order valence-corrected chi connectivity index (χ2v) is 3.91. The molecule has 2 aromatic rings. The van der Waals surface area contributed by atoms with Gasteiger partial charge in [-0.1, -0.05) is 12.1 Å². The summed E-state index contributed by atoms with van der Waals surface area (Å²) in [5.74, 6) is 0.848. The minimum absolute atomic E-state index is 0.581. The molecule has 0 radical (unpaired) electrons. The van der Waals surface area contributed by atoms with E-state index in [0.717, 1.165) is 29.2 Å². The van der Waals surface area contributed by atoms with E-state index in [1.807, 2.05) is 35.9 Å². The van der Waals surface area contributed by atoms with E-state index < -0.39 is 0 Å². The van der Waals surface area contributed by atoms with Crippen LogP contribution < -0.4 is 10.5 Å². The van der Waals surface area contributed by atoms with Crippen LogP contribution in [-0.2, 0) is 6.54 Å². The number of nitrogens with zero attached hydrogens (tertiary/aromatic N) is 2. The molecule has 0 bridgehead atoms. The van der Waals surface area contributed by atoms with Crippen LogP contribution >= 0.6 is 0 Å². The van der Waals surface area contributed by atoms with Gasteiger partial charge in [0.05, 0.1) is 25.0 Å². The Labute approximate surface area is 101 Å². The van der Waals surface area contributed by atoms with E-state index >= 15 is 0 Å². The molecule has 1 heterocycles.